The van der Waals surface area contributed by atoms with Crippen LogP contribution in [0.15, 0.2) is 22.7 Å². The summed E-state index contributed by atoms with van der Waals surface area (Å²) in [6.45, 7) is -0.107. The lowest BCUT2D eigenvalue weighted by Gasteiger charge is -2.06. The lowest BCUT2D eigenvalue weighted by molar-refractivity contribution is 0.280. The first-order chi connectivity index (χ1) is 5.29. The molecular weight excluding hydrogens is 210 g/mol. The van der Waals surface area contributed by atoms with Gasteiger partial charge in [0.05, 0.1) is 12.3 Å². The molecule has 0 atom stereocenters. The molecule has 0 saturated heterocycles. The van der Waals surface area contributed by atoms with Crippen molar-refractivity contribution < 1.29 is 10.3 Å². The first-order valence-corrected chi connectivity index (χ1v) is 3.87. The lowest BCUT2D eigenvalue weighted by atomic mass is 10.2. The smallest absolute Gasteiger partial charge is 0.0714 e. The molecule has 0 heterocycles. The van der Waals surface area contributed by atoms with Crippen LogP contribution < -0.4 is 5.48 Å². The summed E-state index contributed by atoms with van der Waals surface area (Å²) in [6, 6.07) is 5.24. The zero-order valence-corrected chi connectivity index (χ0v) is 7.30. The van der Waals surface area contributed by atoms with E-state index in [1.807, 2.05) is 5.48 Å². The molecule has 11 heavy (non-hydrogen) atoms. The minimum atomic E-state index is -0.107. The Hall–Kier alpha value is -0.580. The van der Waals surface area contributed by atoms with Crippen molar-refractivity contribution in [2.45, 2.75) is 6.61 Å². The third-order valence-corrected chi connectivity index (χ3v) is 2.14. The molecule has 0 amide bonds. The fourth-order valence-corrected chi connectivity index (χ4v) is 1.32. The highest BCUT2D eigenvalue weighted by Crippen LogP contribution is 2.23. The molecule has 1 aromatic rings. The Kier molecular flexibility index (Phi) is 2.87. The minimum absolute atomic E-state index is 0.107. The van der Waals surface area contributed by atoms with Crippen molar-refractivity contribution in [1.29, 1.82) is 0 Å². The third-order valence-electron chi connectivity index (χ3n) is 1.40. The van der Waals surface area contributed by atoms with Crippen molar-refractivity contribution >= 4 is 21.6 Å². The van der Waals surface area contributed by atoms with Gasteiger partial charge in [0, 0.05) is 10.0 Å². The van der Waals surface area contributed by atoms with Crippen LogP contribution in [0.1, 0.15) is 5.56 Å². The summed E-state index contributed by atoms with van der Waals surface area (Å²) in [4.78, 5) is 0. The maximum absolute atomic E-state index is 8.85. The van der Waals surface area contributed by atoms with E-state index in [-0.39, 0.29) is 6.61 Å². The van der Waals surface area contributed by atoms with Crippen molar-refractivity contribution in [3.05, 3.63) is 28.2 Å². The summed E-state index contributed by atoms with van der Waals surface area (Å²) >= 11 is 3.24. The number of aliphatic hydroxyl groups is 1. The molecule has 0 bridgehead atoms. The standard InChI is InChI=1S/C7H8BrNO2/c8-6-2-1-3-7(9-11)5(6)4-10/h1-3,9-11H,4H2. The Bertz CT molecular complexity index is 252. The van der Waals surface area contributed by atoms with E-state index in [0.717, 1.165) is 4.47 Å². The first-order valence-electron chi connectivity index (χ1n) is 3.08. The van der Waals surface area contributed by atoms with E-state index in [9.17, 15) is 0 Å². The number of benzene rings is 1. The van der Waals surface area contributed by atoms with Gasteiger partial charge in [0.2, 0.25) is 0 Å². The van der Waals surface area contributed by atoms with E-state index in [0.29, 0.717) is 11.3 Å². The van der Waals surface area contributed by atoms with Crippen molar-refractivity contribution in [3.8, 4) is 0 Å². The monoisotopic (exact) mass is 217 g/mol. The van der Waals surface area contributed by atoms with Gasteiger partial charge in [0.15, 0.2) is 0 Å². The molecule has 60 valence electrons. The Labute approximate surface area is 72.8 Å². The van der Waals surface area contributed by atoms with Gasteiger partial charge in [-0.15, -0.1) is 0 Å². The van der Waals surface area contributed by atoms with Gasteiger partial charge in [-0.05, 0) is 12.1 Å². The summed E-state index contributed by atoms with van der Waals surface area (Å²) in [5.74, 6) is 0. The Morgan fingerprint density at radius 3 is 2.64 bits per heavy atom. The molecule has 3 N–H and O–H groups in total. The summed E-state index contributed by atoms with van der Waals surface area (Å²) in [7, 11) is 0. The van der Waals surface area contributed by atoms with Gasteiger partial charge < -0.3 is 5.11 Å². The largest absolute Gasteiger partial charge is 0.392 e. The quantitative estimate of drug-likeness (QED) is 0.662. The van der Waals surface area contributed by atoms with Crippen molar-refractivity contribution in [3.63, 3.8) is 0 Å². The number of rotatable bonds is 2. The second-order valence-corrected chi connectivity index (χ2v) is 2.89. The molecule has 0 fully saturated rings. The second kappa shape index (κ2) is 3.71. The molecule has 0 radical (unpaired) electrons. The summed E-state index contributed by atoms with van der Waals surface area (Å²) in [5, 5.41) is 17.4. The molecule has 4 heteroatoms. The van der Waals surface area contributed by atoms with Crippen LogP contribution in [-0.4, -0.2) is 10.3 Å². The van der Waals surface area contributed by atoms with Gasteiger partial charge in [0.1, 0.15) is 0 Å². The number of hydrogen-bond donors (Lipinski definition) is 3. The van der Waals surface area contributed by atoms with E-state index in [1.165, 1.54) is 0 Å². The van der Waals surface area contributed by atoms with Gasteiger partial charge >= 0.3 is 0 Å². The normalized spacial score (nSPS) is 9.73. The molecule has 0 unspecified atom stereocenters. The van der Waals surface area contributed by atoms with Crippen LogP contribution in [0.25, 0.3) is 0 Å². The number of hydrogen-bond acceptors (Lipinski definition) is 3. The fraction of sp³-hybridized carbons (Fsp3) is 0.143. The van der Waals surface area contributed by atoms with Crippen LogP contribution in [0.3, 0.4) is 0 Å². The van der Waals surface area contributed by atoms with E-state index in [1.54, 1.807) is 18.2 Å². The number of halogens is 1. The van der Waals surface area contributed by atoms with Crippen molar-refractivity contribution in [1.82, 2.24) is 0 Å². The molecular formula is C7H8BrNO2. The molecule has 0 aromatic heterocycles. The van der Waals surface area contributed by atoms with Crippen molar-refractivity contribution in [2.75, 3.05) is 5.48 Å². The van der Waals surface area contributed by atoms with E-state index >= 15 is 0 Å². The minimum Gasteiger partial charge on any atom is -0.392 e. The van der Waals surface area contributed by atoms with Crippen LogP contribution in [-0.2, 0) is 6.61 Å². The Morgan fingerprint density at radius 2 is 2.18 bits per heavy atom. The van der Waals surface area contributed by atoms with Crippen LogP contribution in [0.2, 0.25) is 0 Å². The topological polar surface area (TPSA) is 52.5 Å². The molecule has 3 nitrogen and oxygen atoms in total. The zero-order valence-electron chi connectivity index (χ0n) is 5.71. The summed E-state index contributed by atoms with van der Waals surface area (Å²) in [6.07, 6.45) is 0. The molecule has 0 aliphatic carbocycles. The highest BCUT2D eigenvalue weighted by molar-refractivity contribution is 9.10. The summed E-state index contributed by atoms with van der Waals surface area (Å²) < 4.78 is 0.777. The average molecular weight is 218 g/mol. The maximum Gasteiger partial charge on any atom is 0.0714 e. The lowest BCUT2D eigenvalue weighted by Crippen LogP contribution is -1.96. The predicted octanol–water partition coefficient (Wildman–Crippen LogP) is 1.74. The molecule has 0 spiro atoms. The van der Waals surface area contributed by atoms with Crippen LogP contribution in [0.4, 0.5) is 5.69 Å². The third kappa shape index (κ3) is 1.71. The van der Waals surface area contributed by atoms with E-state index in [2.05, 4.69) is 15.9 Å². The Morgan fingerprint density at radius 1 is 1.45 bits per heavy atom. The number of nitrogens with one attached hydrogen (secondary N) is 1. The molecule has 0 aliphatic heterocycles. The fourth-order valence-electron chi connectivity index (χ4n) is 0.824. The predicted molar refractivity (Wildman–Crippen MR) is 45.5 cm³/mol. The molecule has 1 aromatic carbocycles. The van der Waals surface area contributed by atoms with Crippen LogP contribution >= 0.6 is 15.9 Å². The SMILES string of the molecule is OCc1c(Br)cccc1NO. The average Bonchev–Trinajstić information content (AvgIpc) is 2.04. The molecule has 0 aliphatic rings. The number of anilines is 1. The highest BCUT2D eigenvalue weighted by Gasteiger charge is 2.02. The van der Waals surface area contributed by atoms with Crippen molar-refractivity contribution in [2.24, 2.45) is 0 Å². The van der Waals surface area contributed by atoms with Gasteiger partial charge in [-0.25, -0.2) is 0 Å². The van der Waals surface area contributed by atoms with Gasteiger partial charge in [-0.2, -0.15) is 0 Å². The van der Waals surface area contributed by atoms with Gasteiger partial charge in [-0.1, -0.05) is 22.0 Å². The maximum atomic E-state index is 8.85. The van der Waals surface area contributed by atoms with Gasteiger partial charge in [0.25, 0.3) is 0 Å². The van der Waals surface area contributed by atoms with Crippen LogP contribution in [0.5, 0.6) is 0 Å². The second-order valence-electron chi connectivity index (χ2n) is 2.04. The van der Waals surface area contributed by atoms with Crippen LogP contribution in [0, 0.1) is 0 Å². The Balaban J connectivity index is 3.13. The number of aliphatic hydroxyl groups excluding tert-OH is 1. The molecule has 1 rings (SSSR count). The van der Waals surface area contributed by atoms with E-state index < -0.39 is 0 Å². The summed E-state index contributed by atoms with van der Waals surface area (Å²) in [5.41, 5.74) is 3.16. The highest BCUT2D eigenvalue weighted by atomic mass is 79.9. The molecule has 0 saturated carbocycles. The first kappa shape index (κ1) is 8.52. The van der Waals surface area contributed by atoms with E-state index in [4.69, 9.17) is 10.3 Å². The van der Waals surface area contributed by atoms with Gasteiger partial charge in [-0.3, -0.25) is 10.7 Å². The zero-order chi connectivity index (χ0) is 8.27.